The number of alkyl halides is 3. The van der Waals surface area contributed by atoms with Crippen molar-refractivity contribution >= 4 is 17.7 Å². The van der Waals surface area contributed by atoms with Crippen LogP contribution in [0.2, 0.25) is 0 Å². The summed E-state index contributed by atoms with van der Waals surface area (Å²) < 4.78 is 51.7. The Morgan fingerprint density at radius 1 is 1.21 bits per heavy atom. The van der Waals surface area contributed by atoms with Gasteiger partial charge < -0.3 is 5.11 Å². The standard InChI is InChI=1S/C12H12F4O2S/c1-11(2,3)19-9-7(12(14,15)16)5-4-6(8(9)13)10(17)18/h4-5H,1-3H3,(H,17,18). The van der Waals surface area contributed by atoms with E-state index in [2.05, 4.69) is 0 Å². The molecule has 0 radical (unpaired) electrons. The topological polar surface area (TPSA) is 37.3 Å². The fourth-order valence-corrected chi connectivity index (χ4v) is 2.46. The lowest BCUT2D eigenvalue weighted by Crippen LogP contribution is -2.15. The molecule has 106 valence electrons. The number of carbonyl (C=O) groups is 1. The lowest BCUT2D eigenvalue weighted by atomic mass is 10.1. The van der Waals surface area contributed by atoms with Crippen LogP contribution in [0.3, 0.4) is 0 Å². The second kappa shape index (κ2) is 5.03. The molecule has 1 N–H and O–H groups in total. The number of carboxylic acids is 1. The Bertz CT molecular complexity index is 504. The number of rotatable bonds is 2. The number of aromatic carboxylic acids is 1. The van der Waals surface area contributed by atoms with Gasteiger partial charge in [-0.15, -0.1) is 11.8 Å². The molecular weight excluding hydrogens is 284 g/mol. The normalized spacial score (nSPS) is 12.6. The molecule has 0 bridgehead atoms. The van der Waals surface area contributed by atoms with E-state index in [0.717, 1.165) is 0 Å². The quantitative estimate of drug-likeness (QED) is 0.648. The van der Waals surface area contributed by atoms with Gasteiger partial charge in [-0.1, -0.05) is 20.8 Å². The van der Waals surface area contributed by atoms with Gasteiger partial charge in [0.05, 0.1) is 16.0 Å². The third-order valence-corrected chi connectivity index (χ3v) is 3.26. The zero-order valence-corrected chi connectivity index (χ0v) is 11.2. The maximum absolute atomic E-state index is 13.9. The van der Waals surface area contributed by atoms with Gasteiger partial charge in [0, 0.05) is 4.75 Å². The predicted octanol–water partition coefficient (Wildman–Crippen LogP) is 4.43. The number of benzene rings is 1. The Kier molecular flexibility index (Phi) is 4.19. The van der Waals surface area contributed by atoms with E-state index < -0.39 is 38.7 Å². The van der Waals surface area contributed by atoms with Crippen LogP contribution < -0.4 is 0 Å². The summed E-state index contributed by atoms with van der Waals surface area (Å²) in [6.45, 7) is 4.85. The number of carboxylic acid groups (broad SMARTS) is 1. The smallest absolute Gasteiger partial charge is 0.417 e. The Balaban J connectivity index is 3.51. The Labute approximate surface area is 111 Å². The molecule has 0 aliphatic heterocycles. The number of hydrogen-bond donors (Lipinski definition) is 1. The Hall–Kier alpha value is -1.24. The molecule has 0 amide bonds. The molecular formula is C12H12F4O2S. The van der Waals surface area contributed by atoms with Crippen molar-refractivity contribution in [1.29, 1.82) is 0 Å². The van der Waals surface area contributed by atoms with E-state index in [1.54, 1.807) is 20.8 Å². The first kappa shape index (κ1) is 15.8. The third-order valence-electron chi connectivity index (χ3n) is 2.04. The highest BCUT2D eigenvalue weighted by atomic mass is 32.2. The first-order chi connectivity index (χ1) is 8.43. The first-order valence-corrected chi connectivity index (χ1v) is 6.07. The minimum Gasteiger partial charge on any atom is -0.478 e. The van der Waals surface area contributed by atoms with Crippen LogP contribution in [0.1, 0.15) is 36.7 Å². The van der Waals surface area contributed by atoms with Gasteiger partial charge in [-0.25, -0.2) is 9.18 Å². The molecule has 0 spiro atoms. The van der Waals surface area contributed by atoms with Gasteiger partial charge in [0.15, 0.2) is 5.82 Å². The van der Waals surface area contributed by atoms with Gasteiger partial charge in [-0.2, -0.15) is 13.2 Å². The molecule has 19 heavy (non-hydrogen) atoms. The lowest BCUT2D eigenvalue weighted by molar-refractivity contribution is -0.140. The highest BCUT2D eigenvalue weighted by molar-refractivity contribution is 8.00. The second-order valence-corrected chi connectivity index (χ2v) is 6.66. The summed E-state index contributed by atoms with van der Waals surface area (Å²) in [5, 5.41) is 8.75. The predicted molar refractivity (Wildman–Crippen MR) is 64.0 cm³/mol. The van der Waals surface area contributed by atoms with Crippen LogP contribution in [-0.4, -0.2) is 15.8 Å². The van der Waals surface area contributed by atoms with E-state index in [0.29, 0.717) is 23.9 Å². The zero-order chi connectivity index (χ0) is 15.0. The summed E-state index contributed by atoms with van der Waals surface area (Å²) in [7, 11) is 0. The summed E-state index contributed by atoms with van der Waals surface area (Å²) in [6, 6.07) is 1.23. The van der Waals surface area contributed by atoms with E-state index in [9.17, 15) is 22.4 Å². The fraction of sp³-hybridized carbons (Fsp3) is 0.417. The Morgan fingerprint density at radius 2 is 1.74 bits per heavy atom. The van der Waals surface area contributed by atoms with E-state index >= 15 is 0 Å². The largest absolute Gasteiger partial charge is 0.478 e. The van der Waals surface area contributed by atoms with Crippen LogP contribution in [0, 0.1) is 5.82 Å². The summed E-state index contributed by atoms with van der Waals surface area (Å²) >= 11 is 0.654. The summed E-state index contributed by atoms with van der Waals surface area (Å²) in [6.07, 6.45) is -4.73. The van der Waals surface area contributed by atoms with E-state index in [1.165, 1.54) is 0 Å². The van der Waals surface area contributed by atoms with Gasteiger partial charge in [0.25, 0.3) is 0 Å². The molecule has 1 aromatic rings. The van der Waals surface area contributed by atoms with Gasteiger partial charge in [0.2, 0.25) is 0 Å². The molecule has 0 unspecified atom stereocenters. The minimum atomic E-state index is -4.73. The van der Waals surface area contributed by atoms with Crippen molar-refractivity contribution in [1.82, 2.24) is 0 Å². The van der Waals surface area contributed by atoms with Gasteiger partial charge in [0.1, 0.15) is 0 Å². The molecule has 0 saturated carbocycles. The van der Waals surface area contributed by atoms with Crippen molar-refractivity contribution in [2.24, 2.45) is 0 Å². The summed E-state index contributed by atoms with van der Waals surface area (Å²) in [5.41, 5.74) is -1.92. The van der Waals surface area contributed by atoms with Crippen molar-refractivity contribution in [3.8, 4) is 0 Å². The summed E-state index contributed by atoms with van der Waals surface area (Å²) in [5.74, 6) is -2.94. The number of halogens is 4. The van der Waals surface area contributed by atoms with Crippen LogP contribution >= 0.6 is 11.8 Å². The van der Waals surface area contributed by atoms with Gasteiger partial charge >= 0.3 is 12.1 Å². The monoisotopic (exact) mass is 296 g/mol. The molecule has 0 aliphatic rings. The van der Waals surface area contributed by atoms with Crippen LogP contribution in [0.4, 0.5) is 17.6 Å². The van der Waals surface area contributed by atoms with Crippen molar-refractivity contribution in [2.45, 2.75) is 36.6 Å². The van der Waals surface area contributed by atoms with E-state index in [-0.39, 0.29) is 0 Å². The van der Waals surface area contributed by atoms with Crippen molar-refractivity contribution in [2.75, 3.05) is 0 Å². The van der Waals surface area contributed by atoms with Crippen molar-refractivity contribution < 1.29 is 27.5 Å². The molecule has 0 saturated heterocycles. The molecule has 2 nitrogen and oxygen atoms in total. The molecule has 0 fully saturated rings. The Morgan fingerprint density at radius 3 is 2.11 bits per heavy atom. The van der Waals surface area contributed by atoms with E-state index in [4.69, 9.17) is 5.11 Å². The fourth-order valence-electron chi connectivity index (χ4n) is 1.35. The SMILES string of the molecule is CC(C)(C)Sc1c(C(F)(F)F)ccc(C(=O)O)c1F. The molecule has 1 aromatic carbocycles. The number of hydrogen-bond acceptors (Lipinski definition) is 2. The maximum atomic E-state index is 13.9. The average molecular weight is 296 g/mol. The van der Waals surface area contributed by atoms with Crippen LogP contribution in [0.15, 0.2) is 17.0 Å². The highest BCUT2D eigenvalue weighted by Gasteiger charge is 2.37. The first-order valence-electron chi connectivity index (χ1n) is 5.25. The molecule has 0 heterocycles. The molecule has 1 rings (SSSR count). The molecule has 7 heteroatoms. The second-order valence-electron chi connectivity index (χ2n) is 4.82. The van der Waals surface area contributed by atoms with Crippen LogP contribution in [0.5, 0.6) is 0 Å². The zero-order valence-electron chi connectivity index (χ0n) is 10.4. The minimum absolute atomic E-state index is 0.598. The highest BCUT2D eigenvalue weighted by Crippen LogP contribution is 2.43. The third kappa shape index (κ3) is 3.86. The van der Waals surface area contributed by atoms with Gasteiger partial charge in [-0.05, 0) is 12.1 Å². The van der Waals surface area contributed by atoms with Crippen LogP contribution in [0.25, 0.3) is 0 Å². The molecule has 0 aliphatic carbocycles. The van der Waals surface area contributed by atoms with Crippen molar-refractivity contribution in [3.05, 3.63) is 29.1 Å². The van der Waals surface area contributed by atoms with Crippen molar-refractivity contribution in [3.63, 3.8) is 0 Å². The van der Waals surface area contributed by atoms with E-state index in [1.807, 2.05) is 0 Å². The summed E-state index contributed by atoms with van der Waals surface area (Å²) in [4.78, 5) is 10.1. The molecule has 0 aromatic heterocycles. The lowest BCUT2D eigenvalue weighted by Gasteiger charge is -2.22. The average Bonchev–Trinajstić information content (AvgIpc) is 2.16. The van der Waals surface area contributed by atoms with Crippen LogP contribution in [-0.2, 0) is 6.18 Å². The maximum Gasteiger partial charge on any atom is 0.417 e. The molecule has 0 atom stereocenters. The van der Waals surface area contributed by atoms with Gasteiger partial charge in [-0.3, -0.25) is 0 Å². The number of thioether (sulfide) groups is 1.